The number of para-hydroxylation sites is 1. The molecule has 0 radical (unpaired) electrons. The molecular weight excluding hydrogens is 484 g/mol. The zero-order chi connectivity index (χ0) is 26.5. The summed E-state index contributed by atoms with van der Waals surface area (Å²) in [5.41, 5.74) is 6.46. The third kappa shape index (κ3) is 7.15. The number of nitrogens with zero attached hydrogens (tertiary/aromatic N) is 2. The number of primary amides is 1. The second kappa shape index (κ2) is 11.0. The third-order valence-electron chi connectivity index (χ3n) is 5.17. The first kappa shape index (κ1) is 26.4. The van der Waals surface area contributed by atoms with E-state index in [1.54, 1.807) is 30.3 Å². The van der Waals surface area contributed by atoms with Crippen LogP contribution in [0, 0.1) is 5.92 Å². The molecule has 1 atom stereocenters. The third-order valence-corrected chi connectivity index (χ3v) is 5.65. The molecule has 0 aliphatic heterocycles. The molecule has 3 rings (SSSR count). The lowest BCUT2D eigenvalue weighted by molar-refractivity contribution is 0.0997. The fourth-order valence-corrected chi connectivity index (χ4v) is 3.46. The van der Waals surface area contributed by atoms with Crippen LogP contribution in [0.15, 0.2) is 54.7 Å². The molecule has 11 nitrogen and oxygen atoms in total. The summed E-state index contributed by atoms with van der Waals surface area (Å²) < 4.78 is 28.5. The quantitative estimate of drug-likeness (QED) is 0.298. The van der Waals surface area contributed by atoms with E-state index in [-0.39, 0.29) is 40.6 Å². The van der Waals surface area contributed by atoms with Crippen molar-refractivity contribution in [3.63, 3.8) is 0 Å². The molecule has 0 aliphatic carbocycles. The van der Waals surface area contributed by atoms with Crippen molar-refractivity contribution in [1.29, 1.82) is 0 Å². The average molecular weight is 513 g/mol. The Morgan fingerprint density at radius 2 is 1.69 bits per heavy atom. The van der Waals surface area contributed by atoms with E-state index in [9.17, 15) is 18.0 Å². The molecule has 5 N–H and O–H groups in total. The summed E-state index contributed by atoms with van der Waals surface area (Å²) in [4.78, 5) is 33.3. The van der Waals surface area contributed by atoms with E-state index in [1.165, 1.54) is 24.4 Å². The number of carbonyl (C=O) groups excluding carboxylic acids is 2. The maximum Gasteiger partial charge on any atom is 0.306 e. The maximum absolute atomic E-state index is 13.0. The molecule has 3 aromatic rings. The highest BCUT2D eigenvalue weighted by molar-refractivity contribution is 7.86. The van der Waals surface area contributed by atoms with Gasteiger partial charge in [-0.05, 0) is 43.2 Å². The normalized spacial score (nSPS) is 12.0. The Kier molecular flexibility index (Phi) is 8.10. The second-order valence-electron chi connectivity index (χ2n) is 8.44. The molecule has 0 aliphatic rings. The largest absolute Gasteiger partial charge is 0.382 e. The molecule has 0 saturated carbocycles. The number of anilines is 4. The van der Waals surface area contributed by atoms with Crippen molar-refractivity contribution < 1.29 is 22.2 Å². The molecule has 0 fully saturated rings. The van der Waals surface area contributed by atoms with Gasteiger partial charge >= 0.3 is 10.1 Å². The van der Waals surface area contributed by atoms with Crippen LogP contribution in [0.1, 0.15) is 41.5 Å². The summed E-state index contributed by atoms with van der Waals surface area (Å²) in [6.45, 7) is 5.98. The smallest absolute Gasteiger partial charge is 0.306 e. The van der Waals surface area contributed by atoms with Gasteiger partial charge in [0.25, 0.3) is 11.8 Å². The van der Waals surface area contributed by atoms with E-state index in [0.29, 0.717) is 11.4 Å². The van der Waals surface area contributed by atoms with Crippen LogP contribution in [0.2, 0.25) is 0 Å². The Balaban J connectivity index is 1.95. The first-order chi connectivity index (χ1) is 16.9. The minimum absolute atomic E-state index is 0.00781. The lowest BCUT2D eigenvalue weighted by Gasteiger charge is -2.20. The van der Waals surface area contributed by atoms with Crippen LogP contribution in [-0.4, -0.2) is 42.5 Å². The fourth-order valence-electron chi connectivity index (χ4n) is 2.98. The minimum Gasteiger partial charge on any atom is -0.382 e. The molecule has 1 heterocycles. The van der Waals surface area contributed by atoms with Crippen molar-refractivity contribution in [2.24, 2.45) is 11.7 Å². The first-order valence-corrected chi connectivity index (χ1v) is 12.8. The van der Waals surface area contributed by atoms with Crippen LogP contribution >= 0.6 is 0 Å². The number of amides is 2. The van der Waals surface area contributed by atoms with Gasteiger partial charge in [-0.3, -0.25) is 9.59 Å². The van der Waals surface area contributed by atoms with Crippen LogP contribution in [0.25, 0.3) is 0 Å². The molecule has 0 saturated heterocycles. The van der Waals surface area contributed by atoms with Gasteiger partial charge in [-0.25, -0.2) is 4.98 Å². The van der Waals surface area contributed by atoms with E-state index in [1.807, 2.05) is 20.8 Å². The summed E-state index contributed by atoms with van der Waals surface area (Å²) in [5.74, 6) is -0.756. The number of benzene rings is 2. The lowest BCUT2D eigenvalue weighted by Crippen LogP contribution is -2.25. The number of aromatic nitrogens is 2. The zero-order valence-corrected chi connectivity index (χ0v) is 21.1. The van der Waals surface area contributed by atoms with E-state index in [2.05, 4.69) is 25.9 Å². The van der Waals surface area contributed by atoms with Crippen LogP contribution in [-0.2, 0) is 10.1 Å². The van der Waals surface area contributed by atoms with Gasteiger partial charge in [-0.1, -0.05) is 32.0 Å². The molecule has 2 aromatic carbocycles. The molecule has 1 aromatic heterocycles. The molecule has 0 bridgehead atoms. The Morgan fingerprint density at radius 3 is 2.31 bits per heavy atom. The molecule has 0 spiro atoms. The Hall–Kier alpha value is -4.19. The van der Waals surface area contributed by atoms with E-state index >= 15 is 0 Å². The van der Waals surface area contributed by atoms with Gasteiger partial charge in [-0.15, -0.1) is 0 Å². The lowest BCUT2D eigenvalue weighted by atomic mass is 10.1. The van der Waals surface area contributed by atoms with Gasteiger partial charge in [0.15, 0.2) is 5.75 Å². The molecule has 36 heavy (non-hydrogen) atoms. The van der Waals surface area contributed by atoms with Crippen molar-refractivity contribution in [1.82, 2.24) is 9.97 Å². The van der Waals surface area contributed by atoms with Gasteiger partial charge in [0, 0.05) is 23.6 Å². The van der Waals surface area contributed by atoms with Crippen molar-refractivity contribution in [2.75, 3.05) is 22.2 Å². The van der Waals surface area contributed by atoms with E-state index in [0.717, 1.165) is 6.26 Å². The van der Waals surface area contributed by atoms with Gasteiger partial charge in [-0.2, -0.15) is 13.4 Å². The van der Waals surface area contributed by atoms with Gasteiger partial charge in [0.05, 0.1) is 17.4 Å². The molecule has 0 unspecified atom stereocenters. The molecule has 2 amide bonds. The summed E-state index contributed by atoms with van der Waals surface area (Å²) in [7, 11) is -3.89. The summed E-state index contributed by atoms with van der Waals surface area (Å²) in [6.07, 6.45) is 2.19. The highest BCUT2D eigenvalue weighted by atomic mass is 32.2. The van der Waals surface area contributed by atoms with Crippen LogP contribution in [0.4, 0.5) is 23.1 Å². The van der Waals surface area contributed by atoms with Crippen LogP contribution in [0.5, 0.6) is 5.75 Å². The topological polar surface area (TPSA) is 165 Å². The minimum atomic E-state index is -3.89. The van der Waals surface area contributed by atoms with Gasteiger partial charge < -0.3 is 25.9 Å². The fraction of sp³-hybridized carbons (Fsp3) is 0.250. The van der Waals surface area contributed by atoms with Crippen molar-refractivity contribution >= 4 is 45.1 Å². The molecule has 190 valence electrons. The maximum atomic E-state index is 13.0. The number of hydrogen-bond donors (Lipinski definition) is 4. The Labute approximate surface area is 209 Å². The SMILES string of the molecule is CC(C)[C@@H](C)Nc1nc(Nc2ccc(OS(C)(=O)=O)c(C(=O)Nc3ccccc3)c2)ncc1C(N)=O. The summed E-state index contributed by atoms with van der Waals surface area (Å²) in [5, 5.41) is 8.83. The number of nitrogens with two attached hydrogens (primary N) is 1. The number of nitrogens with one attached hydrogen (secondary N) is 3. The van der Waals surface area contributed by atoms with Crippen molar-refractivity contribution in [3.8, 4) is 5.75 Å². The second-order valence-corrected chi connectivity index (χ2v) is 10.0. The molecule has 12 heteroatoms. The van der Waals surface area contributed by atoms with E-state index in [4.69, 9.17) is 9.92 Å². The first-order valence-electron chi connectivity index (χ1n) is 11.0. The highest BCUT2D eigenvalue weighted by Gasteiger charge is 2.19. The monoisotopic (exact) mass is 512 g/mol. The summed E-state index contributed by atoms with van der Waals surface area (Å²) in [6, 6.07) is 12.9. The average Bonchev–Trinajstić information content (AvgIpc) is 2.79. The highest BCUT2D eigenvalue weighted by Crippen LogP contribution is 2.27. The molecular formula is C24H28N6O5S. The van der Waals surface area contributed by atoms with E-state index < -0.39 is 21.9 Å². The van der Waals surface area contributed by atoms with Gasteiger partial charge in [0.1, 0.15) is 5.82 Å². The van der Waals surface area contributed by atoms with Crippen LogP contribution < -0.4 is 25.9 Å². The predicted molar refractivity (Wildman–Crippen MR) is 138 cm³/mol. The Bertz CT molecular complexity index is 1360. The zero-order valence-electron chi connectivity index (χ0n) is 20.3. The Morgan fingerprint density at radius 1 is 1.00 bits per heavy atom. The van der Waals surface area contributed by atoms with Crippen molar-refractivity contribution in [3.05, 3.63) is 65.9 Å². The number of carbonyl (C=O) groups is 2. The standard InChI is InChI=1S/C24H28N6O5S/c1-14(2)15(3)27-22-19(21(25)31)13-26-24(30-22)29-17-10-11-20(35-36(4,33)34)18(12-17)23(32)28-16-8-6-5-7-9-16/h5-15H,1-4H3,(H2,25,31)(H,28,32)(H2,26,27,29,30)/t15-/m1/s1. The van der Waals surface area contributed by atoms with Gasteiger partial charge in [0.2, 0.25) is 5.95 Å². The number of rotatable bonds is 10. The van der Waals surface area contributed by atoms with Crippen LogP contribution in [0.3, 0.4) is 0 Å². The predicted octanol–water partition coefficient (Wildman–Crippen LogP) is 3.37. The van der Waals surface area contributed by atoms with Crippen molar-refractivity contribution in [2.45, 2.75) is 26.8 Å². The summed E-state index contributed by atoms with van der Waals surface area (Å²) >= 11 is 0. The number of hydrogen-bond acceptors (Lipinski definition) is 9.